The average molecular weight is 909 g/mol. The maximum Gasteiger partial charge on any atom is 0.394 e. The van der Waals surface area contributed by atoms with Crippen LogP contribution in [0.2, 0.25) is 0 Å². The number of rotatable bonds is 7. The van der Waals surface area contributed by atoms with Gasteiger partial charge in [0, 0.05) is 90.9 Å². The van der Waals surface area contributed by atoms with E-state index in [9.17, 15) is 19.8 Å². The molecule has 6 heterocycles. The number of para-hydroxylation sites is 1. The van der Waals surface area contributed by atoms with Crippen LogP contribution in [-0.4, -0.2) is 151 Å². The third kappa shape index (κ3) is 6.69. The van der Waals surface area contributed by atoms with Gasteiger partial charge < -0.3 is 39.0 Å². The second kappa shape index (κ2) is 16.1. The first kappa shape index (κ1) is 46.0. The molecule has 1 spiro atoms. The van der Waals surface area contributed by atoms with Crippen LogP contribution in [0.5, 0.6) is 5.75 Å². The van der Waals surface area contributed by atoms with Gasteiger partial charge >= 0.3 is 28.3 Å². The summed E-state index contributed by atoms with van der Waals surface area (Å²) in [6.45, 7) is 8.62. The number of piperidine rings is 1. The lowest BCUT2D eigenvalue weighted by atomic mass is 9.47. The van der Waals surface area contributed by atoms with Crippen molar-refractivity contribution in [1.82, 2.24) is 14.8 Å². The lowest BCUT2D eigenvalue weighted by Crippen LogP contribution is -2.81. The molecule has 0 radical (unpaired) electrons. The standard InChI is InChI=1S/C46H58N4O9.H2O4S/c1-8-42(54)23-28-24-45(40(52)57-6,36-30(15-19-49(25-28)26-42)29-13-10-11-14-33(29)47-36)32-21-31-34(22-35(32)56-5)48(4)38-44(31)17-20-50-18-12-16-43(9-2,37(44)50)39(59-27(3)51)46(38,55)41(53)58-7;1-5(2,3)4/h10-14,16,21-22,28,37-39,47,54-55H,8-9,15,17-20,23-26H2,1-7H3;(H2,1,2,3,4)/t28?,37?,38?,39?,42-,43-,44+,45-,46+;/m1./s1. The molecule has 3 fully saturated rings. The molecule has 0 amide bonds. The zero-order chi connectivity index (χ0) is 46.4. The Labute approximate surface area is 373 Å². The van der Waals surface area contributed by atoms with Crippen LogP contribution in [0.15, 0.2) is 48.6 Å². The topological polar surface area (TPSA) is 229 Å². The molecular weight excluding hydrogens is 849 g/mol. The Bertz CT molecular complexity index is 2500. The summed E-state index contributed by atoms with van der Waals surface area (Å²) in [5, 5.41) is 26.3. The number of anilines is 1. The molecule has 2 saturated heterocycles. The highest BCUT2D eigenvalue weighted by Gasteiger charge is 2.80. The summed E-state index contributed by atoms with van der Waals surface area (Å²) in [7, 11) is 1.49. The number of nitrogens with one attached hydrogen (secondary N) is 1. The number of nitrogens with zero attached hydrogens (tertiary/aromatic N) is 3. The van der Waals surface area contributed by atoms with Crippen LogP contribution in [-0.2, 0) is 56.2 Å². The molecule has 348 valence electrons. The molecule has 5 unspecified atom stereocenters. The Balaban J connectivity index is 0.00000106. The van der Waals surface area contributed by atoms with Gasteiger partial charge in [-0.25, -0.2) is 4.79 Å². The number of carbonyl (C=O) groups excluding carboxylic acids is 3. The first-order valence-corrected chi connectivity index (χ1v) is 23.3. The van der Waals surface area contributed by atoms with Crippen molar-refractivity contribution in [2.75, 3.05) is 66.0 Å². The number of hydrogen-bond donors (Lipinski definition) is 5. The highest BCUT2D eigenvalue weighted by atomic mass is 32.3. The van der Waals surface area contributed by atoms with Crippen LogP contribution in [0.4, 0.5) is 5.69 Å². The highest BCUT2D eigenvalue weighted by Crippen LogP contribution is 2.68. The summed E-state index contributed by atoms with van der Waals surface area (Å²) in [6, 6.07) is 11.0. The van der Waals surface area contributed by atoms with E-state index in [-0.39, 0.29) is 12.0 Å². The van der Waals surface area contributed by atoms with E-state index in [2.05, 4.69) is 39.1 Å². The lowest BCUT2D eigenvalue weighted by molar-refractivity contribution is -0.228. The van der Waals surface area contributed by atoms with Crippen LogP contribution in [0.25, 0.3) is 10.9 Å². The number of H-pyrrole nitrogens is 1. The molecule has 1 aromatic heterocycles. The van der Waals surface area contributed by atoms with Crippen LogP contribution in [0.1, 0.15) is 75.3 Å². The summed E-state index contributed by atoms with van der Waals surface area (Å²) < 4.78 is 55.5. The second-order valence-corrected chi connectivity index (χ2v) is 19.5. The van der Waals surface area contributed by atoms with E-state index >= 15 is 4.79 Å². The predicted octanol–water partition coefficient (Wildman–Crippen LogP) is 3.34. The van der Waals surface area contributed by atoms with Crippen molar-refractivity contribution in [1.29, 1.82) is 0 Å². The van der Waals surface area contributed by atoms with E-state index < -0.39 is 67.9 Å². The van der Waals surface area contributed by atoms with Crippen LogP contribution >= 0.6 is 0 Å². The number of aromatic amines is 1. The fourth-order valence-electron chi connectivity index (χ4n) is 13.5. The first-order chi connectivity index (χ1) is 30.2. The van der Waals surface area contributed by atoms with E-state index in [0.717, 1.165) is 33.4 Å². The summed E-state index contributed by atoms with van der Waals surface area (Å²) >= 11 is 0. The summed E-state index contributed by atoms with van der Waals surface area (Å²) in [4.78, 5) is 53.2. The average Bonchev–Trinajstić information content (AvgIpc) is 3.92. The molecule has 18 heteroatoms. The number of methoxy groups -OCH3 is 3. The van der Waals surface area contributed by atoms with Gasteiger partial charge in [0.05, 0.1) is 33.0 Å². The van der Waals surface area contributed by atoms with Crippen LogP contribution in [0.3, 0.4) is 0 Å². The Morgan fingerprint density at radius 3 is 2.28 bits per heavy atom. The van der Waals surface area contributed by atoms with Crippen molar-refractivity contribution in [2.24, 2.45) is 11.3 Å². The second-order valence-electron chi connectivity index (χ2n) is 18.7. The quantitative estimate of drug-likeness (QED) is 0.0992. The highest BCUT2D eigenvalue weighted by molar-refractivity contribution is 7.79. The number of fused-ring (bicyclic) bond motifs is 6. The van der Waals surface area contributed by atoms with Crippen LogP contribution in [0, 0.1) is 11.3 Å². The summed E-state index contributed by atoms with van der Waals surface area (Å²) in [6.07, 6.45) is 5.94. The van der Waals surface area contributed by atoms with Gasteiger partial charge in [-0.05, 0) is 74.2 Å². The number of ether oxygens (including phenoxy) is 4. The van der Waals surface area contributed by atoms with Gasteiger partial charge in [-0.15, -0.1) is 0 Å². The minimum Gasteiger partial charge on any atom is -0.496 e. The SMILES string of the molecule is CC[C@@]1(O)CC2CN(CCc3c([nH]c4ccccc34)[C@](C(=O)OC)(c3cc4c(cc3OC)N(C)C3[C@@](O)(C(=O)OC)C(OC(C)=O)[C@]5(CC)C=CCN6CC[C@@]43C65)C2)C1.O=S(=O)(O)O. The number of carbonyl (C=O) groups is 3. The molecule has 5 aliphatic heterocycles. The Morgan fingerprint density at radius 1 is 0.938 bits per heavy atom. The lowest BCUT2D eigenvalue weighted by Gasteiger charge is -2.63. The Hall–Kier alpha value is -4.56. The zero-order valence-corrected chi connectivity index (χ0v) is 38.2. The van der Waals surface area contributed by atoms with Gasteiger partial charge in [0.15, 0.2) is 6.10 Å². The number of aliphatic hydroxyl groups is 2. The largest absolute Gasteiger partial charge is 0.496 e. The zero-order valence-electron chi connectivity index (χ0n) is 37.4. The minimum atomic E-state index is -4.67. The molecule has 9 rings (SSSR count). The fraction of sp³-hybridized carbons (Fsp3) is 0.587. The van der Waals surface area contributed by atoms with Crippen molar-refractivity contribution >= 4 is 44.9 Å². The maximum atomic E-state index is 15.3. The number of hydrogen-bond acceptors (Lipinski definition) is 14. The Morgan fingerprint density at radius 2 is 1.64 bits per heavy atom. The van der Waals surface area contributed by atoms with Crippen molar-refractivity contribution in [3.63, 3.8) is 0 Å². The minimum absolute atomic E-state index is 0.0986. The monoisotopic (exact) mass is 908 g/mol. The molecule has 2 bridgehead atoms. The molecule has 2 aromatic carbocycles. The van der Waals surface area contributed by atoms with Gasteiger partial charge in [0.25, 0.3) is 0 Å². The third-order valence-electron chi connectivity index (χ3n) is 15.6. The van der Waals surface area contributed by atoms with Gasteiger partial charge in [-0.1, -0.05) is 44.2 Å². The van der Waals surface area contributed by atoms with Gasteiger partial charge in [0.1, 0.15) is 11.2 Å². The van der Waals surface area contributed by atoms with Crippen molar-refractivity contribution < 1.29 is 61.1 Å². The summed E-state index contributed by atoms with van der Waals surface area (Å²) in [5.41, 5.74) is -1.62. The fourth-order valence-corrected chi connectivity index (χ4v) is 13.5. The van der Waals surface area contributed by atoms with E-state index in [0.29, 0.717) is 82.6 Å². The first-order valence-electron chi connectivity index (χ1n) is 21.9. The molecule has 17 nitrogen and oxygen atoms in total. The third-order valence-corrected chi connectivity index (χ3v) is 15.6. The molecule has 1 saturated carbocycles. The van der Waals surface area contributed by atoms with E-state index in [4.69, 9.17) is 36.5 Å². The van der Waals surface area contributed by atoms with E-state index in [1.165, 1.54) is 21.1 Å². The number of likely N-dealkylation sites (N-methyl/N-ethyl adjacent to an activating group) is 1. The van der Waals surface area contributed by atoms with E-state index in [1.807, 2.05) is 50.1 Å². The molecule has 64 heavy (non-hydrogen) atoms. The molecule has 5 N–H and O–H groups in total. The van der Waals surface area contributed by atoms with Crippen molar-refractivity contribution in [3.05, 3.63) is 70.9 Å². The number of benzene rings is 2. The number of esters is 3. The molecule has 3 aromatic rings. The van der Waals surface area contributed by atoms with Crippen molar-refractivity contribution in [3.8, 4) is 5.75 Å². The Kier molecular flexibility index (Phi) is 11.6. The predicted molar refractivity (Wildman–Crippen MR) is 235 cm³/mol. The van der Waals surface area contributed by atoms with E-state index in [1.54, 1.807) is 7.11 Å². The van der Waals surface area contributed by atoms with Gasteiger partial charge in [0.2, 0.25) is 5.60 Å². The molecule has 1 aliphatic carbocycles. The normalized spacial score (nSPS) is 35.0. The molecular formula is C46H60N4O13S. The van der Waals surface area contributed by atoms with Crippen LogP contribution < -0.4 is 9.64 Å². The summed E-state index contributed by atoms with van der Waals surface area (Å²) in [5.74, 6) is -1.56. The van der Waals surface area contributed by atoms with Gasteiger partial charge in [-0.2, -0.15) is 8.42 Å². The number of aromatic nitrogens is 1. The maximum absolute atomic E-state index is 15.3. The smallest absolute Gasteiger partial charge is 0.394 e. The molecule has 6 aliphatic rings. The molecule has 10 atom stereocenters. The van der Waals surface area contributed by atoms with Crippen molar-refractivity contribution in [2.45, 2.75) is 99.5 Å². The van der Waals surface area contributed by atoms with Gasteiger partial charge in [-0.3, -0.25) is 28.5 Å².